The van der Waals surface area contributed by atoms with Crippen LogP contribution in [-0.4, -0.2) is 20.9 Å². The van der Waals surface area contributed by atoms with Gasteiger partial charge in [-0.15, -0.1) is 11.3 Å². The number of thiophene rings is 1. The molecule has 0 atom stereocenters. The van der Waals surface area contributed by atoms with Gasteiger partial charge in [-0.3, -0.25) is 4.79 Å². The van der Waals surface area contributed by atoms with Crippen LogP contribution in [0.5, 0.6) is 0 Å². The Morgan fingerprint density at radius 3 is 2.63 bits per heavy atom. The highest BCUT2D eigenvalue weighted by Gasteiger charge is 2.20. The van der Waals surface area contributed by atoms with Crippen molar-refractivity contribution in [3.63, 3.8) is 0 Å². The molecule has 0 unspecified atom stereocenters. The third kappa shape index (κ3) is 3.55. The van der Waals surface area contributed by atoms with Crippen molar-refractivity contribution in [2.24, 2.45) is 11.1 Å². The smallest absolute Gasteiger partial charge is 0.261 e. The molecule has 2 rings (SSSR count). The quantitative estimate of drug-likeness (QED) is 0.885. The third-order valence-electron chi connectivity index (χ3n) is 3.41. The molecular formula is C12H18N2O3S2. The van der Waals surface area contributed by atoms with E-state index in [0.29, 0.717) is 22.9 Å². The van der Waals surface area contributed by atoms with Gasteiger partial charge in [0.05, 0.1) is 4.88 Å². The third-order valence-corrected chi connectivity index (χ3v) is 6.06. The molecule has 1 amide bonds. The molecule has 19 heavy (non-hydrogen) atoms. The summed E-state index contributed by atoms with van der Waals surface area (Å²) in [6.45, 7) is 2.39. The summed E-state index contributed by atoms with van der Waals surface area (Å²) in [5, 5.41) is 7.95. The van der Waals surface area contributed by atoms with Crippen molar-refractivity contribution < 1.29 is 13.2 Å². The van der Waals surface area contributed by atoms with Gasteiger partial charge in [0.25, 0.3) is 5.91 Å². The second-order valence-electron chi connectivity index (χ2n) is 4.98. The first-order valence-electron chi connectivity index (χ1n) is 6.29. The van der Waals surface area contributed by atoms with Crippen LogP contribution >= 0.6 is 11.3 Å². The van der Waals surface area contributed by atoms with Gasteiger partial charge in [0.15, 0.2) is 0 Å². The van der Waals surface area contributed by atoms with Gasteiger partial charge in [-0.1, -0.05) is 12.8 Å². The lowest BCUT2D eigenvalue weighted by molar-refractivity contribution is 0.0951. The number of nitrogens with two attached hydrogens (primary N) is 1. The maximum atomic E-state index is 12.0. The normalized spacial score (nSPS) is 16.7. The minimum Gasteiger partial charge on any atom is -0.351 e. The van der Waals surface area contributed by atoms with Crippen LogP contribution in [0.4, 0.5) is 0 Å². The molecule has 1 aliphatic carbocycles. The van der Waals surface area contributed by atoms with Crippen LogP contribution < -0.4 is 10.5 Å². The lowest BCUT2D eigenvalue weighted by atomic mass is 10.1. The van der Waals surface area contributed by atoms with Crippen molar-refractivity contribution in [1.29, 1.82) is 0 Å². The number of carbonyl (C=O) groups excluding carboxylic acids is 1. The molecule has 7 heteroatoms. The van der Waals surface area contributed by atoms with E-state index >= 15 is 0 Å². The number of hydrogen-bond acceptors (Lipinski definition) is 4. The molecule has 0 radical (unpaired) electrons. The first-order chi connectivity index (χ1) is 8.88. The monoisotopic (exact) mass is 302 g/mol. The molecule has 3 N–H and O–H groups in total. The summed E-state index contributed by atoms with van der Waals surface area (Å²) >= 11 is 0.932. The van der Waals surface area contributed by atoms with E-state index < -0.39 is 10.0 Å². The van der Waals surface area contributed by atoms with E-state index in [1.807, 2.05) is 0 Å². The molecule has 1 aromatic rings. The lowest BCUT2D eigenvalue weighted by Gasteiger charge is -2.09. The van der Waals surface area contributed by atoms with Crippen LogP contribution in [0.25, 0.3) is 0 Å². The van der Waals surface area contributed by atoms with E-state index in [9.17, 15) is 13.2 Å². The summed E-state index contributed by atoms with van der Waals surface area (Å²) in [5.41, 5.74) is 0.651. The predicted molar refractivity (Wildman–Crippen MR) is 74.7 cm³/mol. The molecule has 0 aliphatic heterocycles. The molecule has 1 aliphatic rings. The lowest BCUT2D eigenvalue weighted by Crippen LogP contribution is -2.28. The van der Waals surface area contributed by atoms with Crippen molar-refractivity contribution in [1.82, 2.24) is 5.32 Å². The average Bonchev–Trinajstić information content (AvgIpc) is 2.93. The molecule has 1 aromatic heterocycles. The van der Waals surface area contributed by atoms with Crippen molar-refractivity contribution in [2.45, 2.75) is 36.8 Å². The number of primary sulfonamides is 1. The highest BCUT2D eigenvalue weighted by molar-refractivity contribution is 7.91. The Kier molecular flexibility index (Phi) is 4.27. The van der Waals surface area contributed by atoms with Gasteiger partial charge in [0, 0.05) is 6.54 Å². The van der Waals surface area contributed by atoms with Gasteiger partial charge >= 0.3 is 0 Å². The molecular weight excluding hydrogens is 284 g/mol. The second kappa shape index (κ2) is 5.60. The van der Waals surface area contributed by atoms with E-state index in [1.54, 1.807) is 6.92 Å². The van der Waals surface area contributed by atoms with Gasteiger partial charge < -0.3 is 5.32 Å². The fourth-order valence-electron chi connectivity index (χ4n) is 2.35. The summed E-state index contributed by atoms with van der Waals surface area (Å²) in [4.78, 5) is 12.5. The van der Waals surface area contributed by atoms with Crippen molar-refractivity contribution in [3.8, 4) is 0 Å². The van der Waals surface area contributed by atoms with Gasteiger partial charge in [0.2, 0.25) is 10.0 Å². The van der Waals surface area contributed by atoms with Crippen LogP contribution in [0.15, 0.2) is 10.3 Å². The summed E-state index contributed by atoms with van der Waals surface area (Å²) in [7, 11) is -3.73. The van der Waals surface area contributed by atoms with Crippen LogP contribution in [0, 0.1) is 12.8 Å². The van der Waals surface area contributed by atoms with E-state index in [-0.39, 0.29) is 10.1 Å². The van der Waals surface area contributed by atoms with Gasteiger partial charge in [0.1, 0.15) is 4.21 Å². The highest BCUT2D eigenvalue weighted by Crippen LogP contribution is 2.26. The largest absolute Gasteiger partial charge is 0.351 e. The number of sulfonamides is 1. The summed E-state index contributed by atoms with van der Waals surface area (Å²) in [6, 6.07) is 1.45. The minimum absolute atomic E-state index is 0.0380. The van der Waals surface area contributed by atoms with Crippen LogP contribution in [0.3, 0.4) is 0 Å². The predicted octanol–water partition coefficient (Wildman–Crippen LogP) is 1.62. The molecule has 1 fully saturated rings. The molecule has 0 bridgehead atoms. The zero-order chi connectivity index (χ0) is 14.0. The zero-order valence-corrected chi connectivity index (χ0v) is 12.4. The Balaban J connectivity index is 2.04. The Labute approximate surface area is 117 Å². The van der Waals surface area contributed by atoms with Crippen LogP contribution in [0.2, 0.25) is 0 Å². The molecule has 0 spiro atoms. The Hall–Kier alpha value is -0.920. The van der Waals surface area contributed by atoms with Crippen LogP contribution in [-0.2, 0) is 10.0 Å². The molecule has 5 nitrogen and oxygen atoms in total. The Morgan fingerprint density at radius 1 is 1.47 bits per heavy atom. The summed E-state index contributed by atoms with van der Waals surface area (Å²) in [5.74, 6) is 0.353. The first-order valence-corrected chi connectivity index (χ1v) is 8.65. The van der Waals surface area contributed by atoms with E-state index in [0.717, 1.165) is 24.2 Å². The first kappa shape index (κ1) is 14.5. The summed E-state index contributed by atoms with van der Waals surface area (Å²) in [6.07, 6.45) is 4.78. The fourth-order valence-corrected chi connectivity index (χ4v) is 4.23. The Morgan fingerprint density at radius 2 is 2.11 bits per heavy atom. The SMILES string of the molecule is Cc1cc(S(N)(=O)=O)sc1C(=O)NCC1CCCC1. The molecule has 0 saturated heterocycles. The topological polar surface area (TPSA) is 89.3 Å². The number of nitrogens with one attached hydrogen (secondary N) is 1. The number of rotatable bonds is 4. The summed E-state index contributed by atoms with van der Waals surface area (Å²) < 4.78 is 22.5. The molecule has 0 aromatic carbocycles. The number of aryl methyl sites for hydroxylation is 1. The van der Waals surface area contributed by atoms with E-state index in [4.69, 9.17) is 5.14 Å². The van der Waals surface area contributed by atoms with Gasteiger partial charge in [-0.2, -0.15) is 0 Å². The second-order valence-corrected chi connectivity index (χ2v) is 7.82. The van der Waals surface area contributed by atoms with Gasteiger partial charge in [-0.25, -0.2) is 13.6 Å². The van der Waals surface area contributed by atoms with E-state index in [1.165, 1.54) is 18.9 Å². The standard InChI is InChI=1S/C12H18N2O3S2/c1-8-6-10(19(13,16)17)18-11(8)12(15)14-7-9-4-2-3-5-9/h6,9H,2-5,7H2,1H3,(H,14,15)(H2,13,16,17). The molecule has 1 saturated carbocycles. The number of carbonyl (C=O) groups is 1. The minimum atomic E-state index is -3.73. The van der Waals surface area contributed by atoms with Crippen molar-refractivity contribution >= 4 is 27.3 Å². The van der Waals surface area contributed by atoms with E-state index in [2.05, 4.69) is 5.32 Å². The zero-order valence-electron chi connectivity index (χ0n) is 10.8. The fraction of sp³-hybridized carbons (Fsp3) is 0.583. The van der Waals surface area contributed by atoms with Gasteiger partial charge in [-0.05, 0) is 37.3 Å². The van der Waals surface area contributed by atoms with Crippen LogP contribution in [0.1, 0.15) is 40.9 Å². The molecule has 106 valence electrons. The van der Waals surface area contributed by atoms with Crippen molar-refractivity contribution in [3.05, 3.63) is 16.5 Å². The maximum absolute atomic E-state index is 12.0. The highest BCUT2D eigenvalue weighted by atomic mass is 32.2. The molecule has 1 heterocycles. The maximum Gasteiger partial charge on any atom is 0.261 e. The van der Waals surface area contributed by atoms with Crippen molar-refractivity contribution in [2.75, 3.05) is 6.54 Å². The number of amides is 1. The number of hydrogen-bond donors (Lipinski definition) is 2. The average molecular weight is 302 g/mol. The Bertz CT molecular complexity index is 572.